The largest absolute Gasteiger partial charge is 0.389 e. The van der Waals surface area contributed by atoms with Gasteiger partial charge in [-0.2, -0.15) is 0 Å². The third-order valence-corrected chi connectivity index (χ3v) is 5.35. The molecule has 27 heavy (non-hydrogen) atoms. The minimum absolute atomic E-state index is 0.255. The summed E-state index contributed by atoms with van der Waals surface area (Å²) in [7, 11) is 0. The van der Waals surface area contributed by atoms with Crippen LogP contribution < -0.4 is 0 Å². The highest BCUT2D eigenvalue weighted by Crippen LogP contribution is 2.41. The predicted octanol–water partition coefficient (Wildman–Crippen LogP) is 1.50. The SMILES string of the molecule is C=C1CC(C)(C)C(=O)N(CC(O)CN2C(=O)C(C)(C)CC(C)(C)C2=O)C1=O. The van der Waals surface area contributed by atoms with Crippen LogP contribution in [-0.2, 0) is 19.2 Å². The van der Waals surface area contributed by atoms with Gasteiger partial charge in [-0.3, -0.25) is 29.0 Å². The Bertz CT molecular complexity index is 694. The van der Waals surface area contributed by atoms with E-state index in [4.69, 9.17) is 0 Å². The lowest BCUT2D eigenvalue weighted by molar-refractivity contribution is -0.167. The molecular weight excluding hydrogens is 348 g/mol. The number of amides is 4. The zero-order valence-corrected chi connectivity index (χ0v) is 17.1. The van der Waals surface area contributed by atoms with Crippen molar-refractivity contribution in [1.29, 1.82) is 0 Å². The molecule has 0 aromatic carbocycles. The molecule has 4 amide bonds. The number of aliphatic hydroxyl groups is 1. The van der Waals surface area contributed by atoms with Crippen LogP contribution in [0.25, 0.3) is 0 Å². The minimum Gasteiger partial charge on any atom is -0.389 e. The van der Waals surface area contributed by atoms with E-state index in [0.717, 1.165) is 9.80 Å². The molecule has 0 bridgehead atoms. The van der Waals surface area contributed by atoms with Gasteiger partial charge in [0.1, 0.15) is 0 Å². The van der Waals surface area contributed by atoms with Crippen molar-refractivity contribution in [3.05, 3.63) is 12.2 Å². The van der Waals surface area contributed by atoms with E-state index >= 15 is 0 Å². The average molecular weight is 378 g/mol. The van der Waals surface area contributed by atoms with Gasteiger partial charge in [0.25, 0.3) is 5.91 Å². The van der Waals surface area contributed by atoms with Crippen LogP contribution in [0.4, 0.5) is 0 Å². The first kappa shape index (κ1) is 21.3. The molecule has 0 aliphatic carbocycles. The molecule has 150 valence electrons. The third kappa shape index (κ3) is 3.83. The molecule has 7 nitrogen and oxygen atoms in total. The standard InChI is InChI=1S/C20H30N2O5/c1-12-8-18(2,3)15(25)21(14(12)24)9-13(23)10-22-16(26)19(4,5)11-20(6,7)17(22)27/h13,23H,1,8-11H2,2-7H3. The monoisotopic (exact) mass is 378 g/mol. The highest BCUT2D eigenvalue weighted by molar-refractivity contribution is 6.09. The topological polar surface area (TPSA) is 95.0 Å². The molecule has 1 N–H and O–H groups in total. The summed E-state index contributed by atoms with van der Waals surface area (Å²) in [6.07, 6.45) is -0.540. The maximum Gasteiger partial charge on any atom is 0.255 e. The van der Waals surface area contributed by atoms with Crippen LogP contribution in [0, 0.1) is 16.2 Å². The first-order chi connectivity index (χ1) is 12.1. The van der Waals surface area contributed by atoms with Gasteiger partial charge in [0.05, 0.1) is 19.2 Å². The predicted molar refractivity (Wildman–Crippen MR) is 99.2 cm³/mol. The number of aliphatic hydroxyl groups excluding tert-OH is 1. The van der Waals surface area contributed by atoms with Gasteiger partial charge in [0.15, 0.2) is 0 Å². The number of imide groups is 2. The van der Waals surface area contributed by atoms with E-state index in [1.54, 1.807) is 41.5 Å². The lowest BCUT2D eigenvalue weighted by Crippen LogP contribution is -2.60. The van der Waals surface area contributed by atoms with Crippen LogP contribution in [0.2, 0.25) is 0 Å². The lowest BCUT2D eigenvalue weighted by atomic mass is 9.70. The van der Waals surface area contributed by atoms with Crippen LogP contribution >= 0.6 is 0 Å². The van der Waals surface area contributed by atoms with Crippen molar-refractivity contribution in [3.8, 4) is 0 Å². The van der Waals surface area contributed by atoms with E-state index in [2.05, 4.69) is 6.58 Å². The summed E-state index contributed by atoms with van der Waals surface area (Å²) in [6, 6.07) is 0. The van der Waals surface area contributed by atoms with Crippen molar-refractivity contribution in [2.75, 3.05) is 13.1 Å². The highest BCUT2D eigenvalue weighted by atomic mass is 16.3. The second-order valence-corrected chi connectivity index (χ2v) is 9.70. The van der Waals surface area contributed by atoms with Crippen molar-refractivity contribution in [1.82, 2.24) is 9.80 Å². The van der Waals surface area contributed by atoms with Gasteiger partial charge in [-0.25, -0.2) is 0 Å². The van der Waals surface area contributed by atoms with Crippen LogP contribution in [-0.4, -0.2) is 57.7 Å². The summed E-state index contributed by atoms with van der Waals surface area (Å²) in [5, 5.41) is 10.5. The zero-order chi connectivity index (χ0) is 20.9. The number of carbonyl (C=O) groups is 4. The van der Waals surface area contributed by atoms with E-state index < -0.39 is 34.2 Å². The molecule has 2 rings (SSSR count). The number of likely N-dealkylation sites (tertiary alicyclic amines) is 2. The average Bonchev–Trinajstić information content (AvgIpc) is 2.51. The van der Waals surface area contributed by atoms with Crippen molar-refractivity contribution < 1.29 is 24.3 Å². The molecule has 0 radical (unpaired) electrons. The highest BCUT2D eigenvalue weighted by Gasteiger charge is 2.50. The van der Waals surface area contributed by atoms with Crippen LogP contribution in [0.1, 0.15) is 54.4 Å². The normalized spacial score (nSPS) is 25.8. The summed E-state index contributed by atoms with van der Waals surface area (Å²) in [4.78, 5) is 52.3. The molecule has 2 aliphatic heterocycles. The van der Waals surface area contributed by atoms with Crippen molar-refractivity contribution in [3.63, 3.8) is 0 Å². The molecule has 0 spiro atoms. The Morgan fingerprint density at radius 2 is 1.26 bits per heavy atom. The lowest BCUT2D eigenvalue weighted by Gasteiger charge is -2.45. The van der Waals surface area contributed by atoms with Crippen LogP contribution in [0.15, 0.2) is 12.2 Å². The van der Waals surface area contributed by atoms with E-state index in [9.17, 15) is 24.3 Å². The number of nitrogens with zero attached hydrogens (tertiary/aromatic N) is 2. The third-order valence-electron chi connectivity index (χ3n) is 5.35. The maximum atomic E-state index is 12.7. The Morgan fingerprint density at radius 3 is 1.74 bits per heavy atom. The molecule has 1 atom stereocenters. The number of hydrogen-bond acceptors (Lipinski definition) is 5. The van der Waals surface area contributed by atoms with Gasteiger partial charge >= 0.3 is 0 Å². The molecule has 2 aliphatic rings. The summed E-state index contributed by atoms with van der Waals surface area (Å²) in [5.41, 5.74) is -1.95. The number of β-amino-alcohol motifs (C(OH)–C–C–N with tert-alkyl or cyclic N) is 1. The van der Waals surface area contributed by atoms with E-state index in [-0.39, 0.29) is 31.3 Å². The van der Waals surface area contributed by atoms with Crippen molar-refractivity contribution in [2.45, 2.75) is 60.5 Å². The number of carbonyl (C=O) groups excluding carboxylic acids is 4. The number of piperidine rings is 2. The van der Waals surface area contributed by atoms with Crippen molar-refractivity contribution in [2.24, 2.45) is 16.2 Å². The second kappa shape index (κ2) is 6.55. The Balaban J connectivity index is 2.18. The molecule has 7 heteroatoms. The van der Waals surface area contributed by atoms with Crippen LogP contribution in [0.3, 0.4) is 0 Å². The van der Waals surface area contributed by atoms with Gasteiger partial charge in [-0.05, 0) is 12.8 Å². The van der Waals surface area contributed by atoms with E-state index in [0.29, 0.717) is 12.0 Å². The van der Waals surface area contributed by atoms with Gasteiger partial charge < -0.3 is 5.11 Å². The van der Waals surface area contributed by atoms with Crippen molar-refractivity contribution >= 4 is 23.6 Å². The molecule has 0 saturated carbocycles. The second-order valence-electron chi connectivity index (χ2n) is 9.70. The van der Waals surface area contributed by atoms with Gasteiger partial charge in [0, 0.05) is 21.8 Å². The van der Waals surface area contributed by atoms with Crippen LogP contribution in [0.5, 0.6) is 0 Å². The number of rotatable bonds is 4. The minimum atomic E-state index is -1.22. The van der Waals surface area contributed by atoms with Gasteiger partial charge in [0.2, 0.25) is 17.7 Å². The fourth-order valence-electron chi connectivity index (χ4n) is 4.22. The van der Waals surface area contributed by atoms with Gasteiger partial charge in [-0.1, -0.05) is 48.1 Å². The van der Waals surface area contributed by atoms with E-state index in [1.807, 2.05) is 0 Å². The summed E-state index contributed by atoms with van der Waals surface area (Å²) >= 11 is 0. The summed E-state index contributed by atoms with van der Waals surface area (Å²) in [6.45, 7) is 13.7. The maximum absolute atomic E-state index is 12.7. The molecule has 0 aromatic heterocycles. The summed E-state index contributed by atoms with van der Waals surface area (Å²) < 4.78 is 0. The number of hydrogen-bond donors (Lipinski definition) is 1. The molecule has 0 aromatic rings. The fourth-order valence-corrected chi connectivity index (χ4v) is 4.22. The zero-order valence-electron chi connectivity index (χ0n) is 17.1. The quantitative estimate of drug-likeness (QED) is 0.591. The Kier molecular flexibility index (Phi) is 5.16. The summed E-state index contributed by atoms with van der Waals surface area (Å²) in [5.74, 6) is -1.62. The Labute approximate surface area is 160 Å². The Hall–Kier alpha value is -2.02. The van der Waals surface area contributed by atoms with Gasteiger partial charge in [-0.15, -0.1) is 0 Å². The molecule has 2 heterocycles. The first-order valence-corrected chi connectivity index (χ1v) is 9.19. The van der Waals surface area contributed by atoms with E-state index in [1.165, 1.54) is 0 Å². The first-order valence-electron chi connectivity index (χ1n) is 9.19. The Morgan fingerprint density at radius 1 is 0.852 bits per heavy atom. The molecular formula is C20H30N2O5. The fraction of sp³-hybridized carbons (Fsp3) is 0.700. The molecule has 2 fully saturated rings. The molecule has 2 saturated heterocycles. The molecule has 1 unspecified atom stereocenters. The smallest absolute Gasteiger partial charge is 0.255 e.